The third-order valence-corrected chi connectivity index (χ3v) is 9.71. The van der Waals surface area contributed by atoms with Gasteiger partial charge in [-0.2, -0.15) is 0 Å². The zero-order valence-corrected chi connectivity index (χ0v) is 24.0. The van der Waals surface area contributed by atoms with E-state index in [0.29, 0.717) is 29.5 Å². The molecule has 3 atom stereocenters. The van der Waals surface area contributed by atoms with E-state index in [1.807, 2.05) is 30.5 Å². The summed E-state index contributed by atoms with van der Waals surface area (Å²) in [4.78, 5) is 7.35. The Hall–Kier alpha value is -3.80. The predicted molar refractivity (Wildman–Crippen MR) is 167 cm³/mol. The Labute approximate surface area is 242 Å². The fourth-order valence-corrected chi connectivity index (χ4v) is 7.16. The van der Waals surface area contributed by atoms with E-state index in [0.717, 1.165) is 54.0 Å². The first kappa shape index (κ1) is 26.1. The van der Waals surface area contributed by atoms with Crippen LogP contribution in [0.5, 0.6) is 0 Å². The summed E-state index contributed by atoms with van der Waals surface area (Å²) in [6, 6.07) is 25.2. The average Bonchev–Trinajstić information content (AvgIpc) is 3.21. The molecule has 0 saturated carbocycles. The van der Waals surface area contributed by atoms with E-state index in [1.165, 1.54) is 47.1 Å². The van der Waals surface area contributed by atoms with Crippen LogP contribution in [-0.4, -0.2) is 46.9 Å². The lowest BCUT2D eigenvalue weighted by molar-refractivity contribution is -0.148. The molecule has 2 aliphatic heterocycles. The molecule has 1 aliphatic carbocycles. The highest BCUT2D eigenvalue weighted by atomic mass is 16.5. The maximum Gasteiger partial charge on any atom is 0.0733 e. The Balaban J connectivity index is 1.11. The zero-order chi connectivity index (χ0) is 28.1. The van der Waals surface area contributed by atoms with Crippen LogP contribution in [-0.2, 0) is 17.6 Å². The number of nitrogens with one attached hydrogen (secondary N) is 1. The third-order valence-electron chi connectivity index (χ3n) is 9.71. The molecule has 3 aromatic carbocycles. The SMILES string of the molecule is Cc1ccnc(-c2ccc(C(=N)c3cc(-c4ccc5c(c4)CC[C@@H](N4C6COCC4C6)CC5)ccc3N)cc2)c1C. The monoisotopic (exact) mass is 542 g/mol. The quantitative estimate of drug-likeness (QED) is 0.166. The van der Waals surface area contributed by atoms with E-state index in [9.17, 15) is 0 Å². The van der Waals surface area contributed by atoms with Crippen molar-refractivity contribution in [2.24, 2.45) is 0 Å². The number of aromatic nitrogens is 1. The van der Waals surface area contributed by atoms with Gasteiger partial charge in [-0.3, -0.25) is 15.3 Å². The van der Waals surface area contributed by atoms with Crippen LogP contribution in [0.2, 0.25) is 0 Å². The minimum absolute atomic E-state index is 0.437. The molecule has 2 fully saturated rings. The summed E-state index contributed by atoms with van der Waals surface area (Å²) in [7, 11) is 0. The first-order valence-electron chi connectivity index (χ1n) is 14.9. The Kier molecular flexibility index (Phi) is 6.72. The lowest BCUT2D eigenvalue weighted by Gasteiger charge is -2.56. The number of pyridine rings is 1. The molecule has 3 N–H and O–H groups in total. The first-order chi connectivity index (χ1) is 20.0. The molecule has 1 aromatic heterocycles. The van der Waals surface area contributed by atoms with Crippen molar-refractivity contribution in [3.05, 3.63) is 106 Å². The number of hydrogen-bond donors (Lipinski definition) is 2. The van der Waals surface area contributed by atoms with Gasteiger partial charge in [0.2, 0.25) is 0 Å². The number of morpholine rings is 1. The molecule has 2 bridgehead atoms. The minimum atomic E-state index is 0.437. The number of anilines is 1. The van der Waals surface area contributed by atoms with Gasteiger partial charge in [-0.15, -0.1) is 0 Å². The van der Waals surface area contributed by atoms with Gasteiger partial charge in [-0.1, -0.05) is 48.5 Å². The van der Waals surface area contributed by atoms with Crippen LogP contribution in [0.3, 0.4) is 0 Å². The number of nitrogens with zero attached hydrogens (tertiary/aromatic N) is 2. The molecule has 2 saturated heterocycles. The van der Waals surface area contributed by atoms with Gasteiger partial charge in [0.05, 0.1) is 24.6 Å². The minimum Gasteiger partial charge on any atom is -0.398 e. The smallest absolute Gasteiger partial charge is 0.0733 e. The van der Waals surface area contributed by atoms with E-state index in [2.05, 4.69) is 66.2 Å². The molecule has 0 spiro atoms. The molecule has 2 unspecified atom stereocenters. The molecule has 4 aromatic rings. The van der Waals surface area contributed by atoms with Crippen molar-refractivity contribution in [3.8, 4) is 22.4 Å². The Morgan fingerprint density at radius 2 is 1.51 bits per heavy atom. The summed E-state index contributed by atoms with van der Waals surface area (Å²) in [5.41, 5.74) is 18.8. The standard InChI is InChI=1S/C36H38N4O/c1-22-15-16-39-36(23(22)2)26-6-4-25(5-7-26)35(38)33-18-29(11-14-34(33)37)28-8-3-24-9-12-30(13-10-27(24)17-28)40-31-19-32(40)21-41-20-31/h3-8,11,14-18,30-32,38H,9-10,12-13,19-21,37H2,1-2H3/t30-,31?,32?/m0/s1. The van der Waals surface area contributed by atoms with E-state index in [1.54, 1.807) is 0 Å². The normalized spacial score (nSPS) is 22.0. The van der Waals surface area contributed by atoms with Gasteiger partial charge in [-0.25, -0.2) is 0 Å². The number of aryl methyl sites for hydroxylation is 3. The van der Waals surface area contributed by atoms with Gasteiger partial charge in [0.15, 0.2) is 0 Å². The van der Waals surface area contributed by atoms with Crippen molar-refractivity contribution >= 4 is 11.4 Å². The van der Waals surface area contributed by atoms with Crippen molar-refractivity contribution in [2.75, 3.05) is 18.9 Å². The molecule has 3 heterocycles. The van der Waals surface area contributed by atoms with Crippen LogP contribution < -0.4 is 5.73 Å². The Morgan fingerprint density at radius 3 is 2.27 bits per heavy atom. The van der Waals surface area contributed by atoms with Crippen molar-refractivity contribution < 1.29 is 4.74 Å². The number of benzene rings is 3. The second-order valence-corrected chi connectivity index (χ2v) is 12.1. The lowest BCUT2D eigenvalue weighted by Crippen LogP contribution is -2.66. The van der Waals surface area contributed by atoms with Gasteiger partial charge < -0.3 is 10.5 Å². The van der Waals surface area contributed by atoms with Crippen LogP contribution >= 0.6 is 0 Å². The van der Waals surface area contributed by atoms with Gasteiger partial charge in [0, 0.05) is 46.7 Å². The predicted octanol–water partition coefficient (Wildman–Crippen LogP) is 6.75. The van der Waals surface area contributed by atoms with Gasteiger partial charge in [0.25, 0.3) is 0 Å². The summed E-state index contributed by atoms with van der Waals surface area (Å²) in [6.07, 6.45) is 7.88. The van der Waals surface area contributed by atoms with Crippen LogP contribution in [0.25, 0.3) is 22.4 Å². The van der Waals surface area contributed by atoms with Gasteiger partial charge >= 0.3 is 0 Å². The highest BCUT2D eigenvalue weighted by Gasteiger charge is 2.45. The van der Waals surface area contributed by atoms with Gasteiger partial charge in [-0.05, 0) is 97.5 Å². The molecule has 7 rings (SSSR count). The molecule has 3 aliphatic rings. The Bertz CT molecular complexity index is 1610. The van der Waals surface area contributed by atoms with Gasteiger partial charge in [0.1, 0.15) is 0 Å². The van der Waals surface area contributed by atoms with Crippen LogP contribution in [0.4, 0.5) is 5.69 Å². The van der Waals surface area contributed by atoms with Crippen molar-refractivity contribution in [1.82, 2.24) is 9.88 Å². The number of rotatable bonds is 5. The van der Waals surface area contributed by atoms with Crippen LogP contribution in [0.1, 0.15) is 52.6 Å². The summed E-state index contributed by atoms with van der Waals surface area (Å²) in [5.74, 6) is 0. The van der Waals surface area contributed by atoms with E-state index in [4.69, 9.17) is 15.9 Å². The first-order valence-corrected chi connectivity index (χ1v) is 14.9. The molecule has 41 heavy (non-hydrogen) atoms. The van der Waals surface area contributed by atoms with E-state index in [-0.39, 0.29) is 0 Å². The summed E-state index contributed by atoms with van der Waals surface area (Å²) in [5, 5.41) is 9.03. The van der Waals surface area contributed by atoms with Crippen LogP contribution in [0.15, 0.2) is 72.9 Å². The van der Waals surface area contributed by atoms with Crippen molar-refractivity contribution in [3.63, 3.8) is 0 Å². The average molecular weight is 543 g/mol. The van der Waals surface area contributed by atoms with E-state index < -0.39 is 0 Å². The molecule has 5 heteroatoms. The molecule has 5 nitrogen and oxygen atoms in total. The van der Waals surface area contributed by atoms with Crippen molar-refractivity contribution in [1.29, 1.82) is 5.41 Å². The molecular weight excluding hydrogens is 504 g/mol. The molecular formula is C36H38N4O. The highest BCUT2D eigenvalue weighted by Crippen LogP contribution is 2.38. The number of ether oxygens (including phenoxy) is 1. The third kappa shape index (κ3) is 4.77. The summed E-state index contributed by atoms with van der Waals surface area (Å²) >= 11 is 0. The molecule has 0 amide bonds. The topological polar surface area (TPSA) is 75.2 Å². The van der Waals surface area contributed by atoms with Crippen molar-refractivity contribution in [2.45, 2.75) is 64.1 Å². The number of nitrogens with two attached hydrogens (primary N) is 1. The fourth-order valence-electron chi connectivity index (χ4n) is 7.16. The number of fused-ring (bicyclic) bond motifs is 3. The largest absolute Gasteiger partial charge is 0.398 e. The fraction of sp³-hybridized carbons (Fsp3) is 0.333. The van der Waals surface area contributed by atoms with E-state index >= 15 is 0 Å². The summed E-state index contributed by atoms with van der Waals surface area (Å²) < 4.78 is 5.74. The highest BCUT2D eigenvalue weighted by molar-refractivity contribution is 6.14. The van der Waals surface area contributed by atoms with Crippen LogP contribution in [0, 0.1) is 19.3 Å². The second-order valence-electron chi connectivity index (χ2n) is 12.1. The Morgan fingerprint density at radius 1 is 0.829 bits per heavy atom. The lowest BCUT2D eigenvalue weighted by atomic mass is 9.87. The molecule has 208 valence electrons. The number of hydrogen-bond acceptors (Lipinski definition) is 5. The molecule has 0 radical (unpaired) electrons. The second kappa shape index (κ2) is 10.6. The maximum atomic E-state index is 9.03. The zero-order valence-electron chi connectivity index (χ0n) is 24.0. The maximum absolute atomic E-state index is 9.03. The number of nitrogen functional groups attached to an aromatic ring is 1. The summed E-state index contributed by atoms with van der Waals surface area (Å²) in [6.45, 7) is 6.03.